The van der Waals surface area contributed by atoms with Gasteiger partial charge in [0, 0.05) is 10.3 Å². The van der Waals surface area contributed by atoms with Gasteiger partial charge < -0.3 is 20.3 Å². The molecule has 0 bridgehead atoms. The van der Waals surface area contributed by atoms with Gasteiger partial charge in [0.25, 0.3) is 5.91 Å². The molecule has 2 heterocycles. The lowest BCUT2D eigenvalue weighted by atomic mass is 9.96. The van der Waals surface area contributed by atoms with E-state index in [-0.39, 0.29) is 36.2 Å². The number of benzene rings is 2. The van der Waals surface area contributed by atoms with Crippen molar-refractivity contribution >= 4 is 35.5 Å². The minimum absolute atomic E-state index is 0.179. The van der Waals surface area contributed by atoms with Gasteiger partial charge >= 0.3 is 5.97 Å². The maximum absolute atomic E-state index is 12.8. The van der Waals surface area contributed by atoms with Crippen molar-refractivity contribution in [2.24, 2.45) is 0 Å². The Labute approximate surface area is 196 Å². The third kappa shape index (κ3) is 4.73. The number of hydrogen-bond donors (Lipinski definition) is 2. The van der Waals surface area contributed by atoms with E-state index in [2.05, 4.69) is 10.6 Å². The van der Waals surface area contributed by atoms with Gasteiger partial charge in [0.05, 0.1) is 6.42 Å². The summed E-state index contributed by atoms with van der Waals surface area (Å²) in [4.78, 5) is 51.7. The van der Waals surface area contributed by atoms with E-state index in [9.17, 15) is 19.2 Å². The zero-order valence-electron chi connectivity index (χ0n) is 18.3. The summed E-state index contributed by atoms with van der Waals surface area (Å²) in [6, 6.07) is 16.4. The third-order valence-corrected chi connectivity index (χ3v) is 7.24. The molecule has 8 nitrogen and oxygen atoms in total. The van der Waals surface area contributed by atoms with Crippen LogP contribution in [0.5, 0.6) is 0 Å². The number of thioether (sulfide) groups is 1. The van der Waals surface area contributed by atoms with E-state index in [1.807, 2.05) is 44.2 Å². The number of carbonyl (C=O) groups is 4. The van der Waals surface area contributed by atoms with Gasteiger partial charge in [-0.05, 0) is 31.5 Å². The van der Waals surface area contributed by atoms with Crippen molar-refractivity contribution in [2.75, 3.05) is 6.73 Å². The van der Waals surface area contributed by atoms with E-state index < -0.39 is 22.8 Å². The SMILES string of the molecule is CC1(C)S[C@@H]2[C@H](NC(=O)Cc3ccccc3)C(=O)N2[C@H]1C(=O)OCNC(=O)c1ccccc1. The van der Waals surface area contributed by atoms with Gasteiger partial charge in [-0.3, -0.25) is 14.4 Å². The molecular formula is C24H25N3O5S. The highest BCUT2D eigenvalue weighted by Gasteiger charge is 2.64. The number of β-lactam (4-membered cyclic amide) rings is 1. The summed E-state index contributed by atoms with van der Waals surface area (Å²) >= 11 is 1.45. The van der Waals surface area contributed by atoms with Crippen LogP contribution in [0, 0.1) is 0 Å². The Morgan fingerprint density at radius 3 is 2.33 bits per heavy atom. The maximum atomic E-state index is 12.8. The average Bonchev–Trinajstić information content (AvgIpc) is 3.06. The normalized spacial score (nSPS) is 22.7. The molecule has 2 N–H and O–H groups in total. The lowest BCUT2D eigenvalue weighted by Gasteiger charge is -2.43. The molecule has 4 rings (SSSR count). The molecule has 172 valence electrons. The highest BCUT2D eigenvalue weighted by molar-refractivity contribution is 8.01. The molecule has 0 saturated carbocycles. The molecule has 2 aliphatic heterocycles. The largest absolute Gasteiger partial charge is 0.443 e. The van der Waals surface area contributed by atoms with Gasteiger partial charge in [0.15, 0.2) is 6.73 Å². The number of rotatable bonds is 7. The minimum Gasteiger partial charge on any atom is -0.443 e. The smallest absolute Gasteiger partial charge is 0.332 e. The second-order valence-electron chi connectivity index (χ2n) is 8.45. The van der Waals surface area contributed by atoms with Crippen molar-refractivity contribution in [2.45, 2.75) is 42.5 Å². The van der Waals surface area contributed by atoms with Crippen LogP contribution in [0.2, 0.25) is 0 Å². The summed E-state index contributed by atoms with van der Waals surface area (Å²) in [5, 5.41) is 5.00. The molecule has 2 saturated heterocycles. The molecule has 2 fully saturated rings. The first-order valence-corrected chi connectivity index (χ1v) is 11.5. The molecule has 2 aromatic rings. The fourth-order valence-electron chi connectivity index (χ4n) is 4.08. The van der Waals surface area contributed by atoms with Crippen LogP contribution >= 0.6 is 11.8 Å². The highest BCUT2D eigenvalue weighted by Crippen LogP contribution is 2.51. The zero-order chi connectivity index (χ0) is 23.6. The molecule has 33 heavy (non-hydrogen) atoms. The summed E-state index contributed by atoms with van der Waals surface area (Å²) in [6.45, 7) is 3.43. The first-order valence-electron chi connectivity index (χ1n) is 10.6. The molecular weight excluding hydrogens is 442 g/mol. The molecule has 0 unspecified atom stereocenters. The monoisotopic (exact) mass is 467 g/mol. The summed E-state index contributed by atoms with van der Waals surface area (Å²) in [6.07, 6.45) is 0.179. The molecule has 0 radical (unpaired) electrons. The van der Waals surface area contributed by atoms with Gasteiger partial charge in [0.2, 0.25) is 11.8 Å². The van der Waals surface area contributed by atoms with E-state index in [1.165, 1.54) is 16.7 Å². The van der Waals surface area contributed by atoms with Crippen LogP contribution in [0.3, 0.4) is 0 Å². The van der Waals surface area contributed by atoms with Crippen molar-refractivity contribution in [3.63, 3.8) is 0 Å². The first kappa shape index (κ1) is 22.8. The quantitative estimate of drug-likeness (QED) is 0.365. The van der Waals surface area contributed by atoms with E-state index >= 15 is 0 Å². The second-order valence-corrected chi connectivity index (χ2v) is 10.2. The molecule has 9 heteroatoms. The zero-order valence-corrected chi connectivity index (χ0v) is 19.1. The predicted octanol–water partition coefficient (Wildman–Crippen LogP) is 1.71. The van der Waals surface area contributed by atoms with E-state index in [0.717, 1.165) is 5.56 Å². The fourth-order valence-corrected chi connectivity index (χ4v) is 5.70. The molecule has 2 aliphatic rings. The summed E-state index contributed by atoms with van der Waals surface area (Å²) in [5.74, 6) is -1.50. The van der Waals surface area contributed by atoms with Gasteiger partial charge in [-0.1, -0.05) is 48.5 Å². The van der Waals surface area contributed by atoms with Crippen LogP contribution in [0.25, 0.3) is 0 Å². The Morgan fingerprint density at radius 2 is 1.67 bits per heavy atom. The predicted molar refractivity (Wildman–Crippen MR) is 123 cm³/mol. The molecule has 0 aromatic heterocycles. The number of fused-ring (bicyclic) bond motifs is 1. The van der Waals surface area contributed by atoms with Crippen LogP contribution in [-0.2, 0) is 25.5 Å². The van der Waals surface area contributed by atoms with Crippen LogP contribution in [-0.4, -0.2) is 57.5 Å². The molecule has 0 spiro atoms. The first-order chi connectivity index (χ1) is 15.8. The molecule has 2 aromatic carbocycles. The molecule has 0 aliphatic carbocycles. The number of nitrogens with zero attached hydrogens (tertiary/aromatic N) is 1. The van der Waals surface area contributed by atoms with Crippen LogP contribution in [0.15, 0.2) is 60.7 Å². The number of amides is 3. The lowest BCUT2D eigenvalue weighted by Crippen LogP contribution is -2.70. The fraction of sp³-hybridized carbons (Fsp3) is 0.333. The van der Waals surface area contributed by atoms with Crippen molar-refractivity contribution in [3.8, 4) is 0 Å². The number of ether oxygens (including phenoxy) is 1. The summed E-state index contributed by atoms with van der Waals surface area (Å²) in [5.41, 5.74) is 1.31. The van der Waals surface area contributed by atoms with Crippen LogP contribution in [0.4, 0.5) is 0 Å². The Hall–Kier alpha value is -3.33. The molecule has 3 amide bonds. The average molecular weight is 468 g/mol. The highest BCUT2D eigenvalue weighted by atomic mass is 32.2. The standard InChI is InChI=1S/C24H25N3O5S/c1-24(2)19(23(31)32-14-25-20(29)16-11-7-4-8-12-16)27-21(30)18(22(27)33-24)26-17(28)13-15-9-5-3-6-10-15/h3-12,18-19,22H,13-14H2,1-2H3,(H,25,29)(H,26,28)/t18-,19+,22-/m1/s1. The van der Waals surface area contributed by atoms with Crippen molar-refractivity contribution in [1.29, 1.82) is 0 Å². The summed E-state index contributed by atoms with van der Waals surface area (Å²) in [7, 11) is 0. The minimum atomic E-state index is -0.809. The van der Waals surface area contributed by atoms with Crippen LogP contribution < -0.4 is 10.6 Å². The lowest BCUT2D eigenvalue weighted by molar-refractivity contribution is -0.164. The third-order valence-electron chi connectivity index (χ3n) is 5.67. The van der Waals surface area contributed by atoms with Gasteiger partial charge in [-0.2, -0.15) is 0 Å². The van der Waals surface area contributed by atoms with E-state index in [0.29, 0.717) is 5.56 Å². The number of esters is 1. The van der Waals surface area contributed by atoms with Crippen molar-refractivity contribution in [3.05, 3.63) is 71.8 Å². The summed E-state index contributed by atoms with van der Waals surface area (Å²) < 4.78 is 4.67. The van der Waals surface area contributed by atoms with Crippen molar-refractivity contribution < 1.29 is 23.9 Å². The number of carbonyl (C=O) groups excluding carboxylic acids is 4. The topological polar surface area (TPSA) is 105 Å². The number of hydrogen-bond acceptors (Lipinski definition) is 6. The van der Waals surface area contributed by atoms with E-state index in [1.54, 1.807) is 30.3 Å². The Balaban J connectivity index is 1.32. The van der Waals surface area contributed by atoms with Crippen molar-refractivity contribution in [1.82, 2.24) is 15.5 Å². The Bertz CT molecular complexity index is 1060. The second kappa shape index (κ2) is 9.27. The van der Waals surface area contributed by atoms with Gasteiger partial charge in [-0.25, -0.2) is 4.79 Å². The molecule has 3 atom stereocenters. The van der Waals surface area contributed by atoms with Gasteiger partial charge in [-0.15, -0.1) is 11.8 Å². The van der Waals surface area contributed by atoms with Crippen LogP contribution in [0.1, 0.15) is 29.8 Å². The Morgan fingerprint density at radius 1 is 1.03 bits per heavy atom. The maximum Gasteiger partial charge on any atom is 0.332 e. The van der Waals surface area contributed by atoms with Gasteiger partial charge in [0.1, 0.15) is 17.5 Å². The number of nitrogens with one attached hydrogen (secondary N) is 2. The van der Waals surface area contributed by atoms with E-state index in [4.69, 9.17) is 4.74 Å². The Kier molecular flexibility index (Phi) is 6.42.